The van der Waals surface area contributed by atoms with Crippen molar-refractivity contribution in [1.82, 2.24) is 0 Å². The van der Waals surface area contributed by atoms with Crippen molar-refractivity contribution >= 4 is 5.78 Å². The molecule has 5 heteroatoms. The maximum absolute atomic E-state index is 13.7. The third kappa shape index (κ3) is 3.19. The first-order valence-corrected chi connectivity index (χ1v) is 6.33. The van der Waals surface area contributed by atoms with Gasteiger partial charge in [0.1, 0.15) is 5.56 Å². The van der Waals surface area contributed by atoms with E-state index in [1.54, 1.807) is 0 Å². The highest BCUT2D eigenvalue weighted by Crippen LogP contribution is 2.24. The molecule has 108 valence electrons. The van der Waals surface area contributed by atoms with Crippen LogP contribution >= 0.6 is 0 Å². The molecule has 0 spiro atoms. The van der Waals surface area contributed by atoms with Crippen LogP contribution in [0.15, 0.2) is 0 Å². The summed E-state index contributed by atoms with van der Waals surface area (Å²) in [7, 11) is 0. The highest BCUT2D eigenvalue weighted by molar-refractivity contribution is 5.96. The molecule has 0 bridgehead atoms. The normalized spacial score (nSPS) is 10.1. The Bertz CT molecular complexity index is 553. The highest BCUT2D eigenvalue weighted by Gasteiger charge is 2.27. The zero-order chi connectivity index (χ0) is 15.3. The molecule has 0 amide bonds. The number of halogens is 4. The van der Waals surface area contributed by atoms with Crippen molar-refractivity contribution in [3.05, 3.63) is 34.4 Å². The first-order valence-electron chi connectivity index (χ1n) is 6.33. The van der Waals surface area contributed by atoms with Crippen LogP contribution in [0.3, 0.4) is 0 Å². The molecule has 0 saturated carbocycles. The lowest BCUT2D eigenvalue weighted by Crippen LogP contribution is -2.11. The Hall–Kier alpha value is -1.83. The third-order valence-corrected chi connectivity index (χ3v) is 2.73. The van der Waals surface area contributed by atoms with Crippen LogP contribution in [0.1, 0.15) is 55.5 Å². The van der Waals surface area contributed by atoms with Gasteiger partial charge in [0.05, 0.1) is 5.56 Å². The Morgan fingerprint density at radius 3 is 2.00 bits per heavy atom. The summed E-state index contributed by atoms with van der Waals surface area (Å²) >= 11 is 0. The Kier molecular flexibility index (Phi) is 5.75. The van der Waals surface area contributed by atoms with Gasteiger partial charge in [-0.05, 0) is 6.42 Å². The van der Waals surface area contributed by atoms with Gasteiger partial charge >= 0.3 is 0 Å². The number of ketones is 1. The second-order valence-electron chi connectivity index (χ2n) is 4.19. The van der Waals surface area contributed by atoms with Gasteiger partial charge in [0, 0.05) is 12.8 Å². The van der Waals surface area contributed by atoms with Crippen molar-refractivity contribution in [2.75, 3.05) is 0 Å². The predicted octanol–water partition coefficient (Wildman–Crippen LogP) is 4.38. The van der Waals surface area contributed by atoms with Crippen LogP contribution in [0, 0.1) is 35.1 Å². The zero-order valence-corrected chi connectivity index (χ0v) is 11.2. The Morgan fingerprint density at radius 1 is 1.00 bits per heavy atom. The van der Waals surface area contributed by atoms with Crippen LogP contribution in [-0.4, -0.2) is 5.78 Å². The standard InChI is InChI=1S/C15H14F4O/c1-3-5-6-7-8-9-12(16)14(18)11(10(20)4-2)15(19)13(9)17/h3-6H2,1-2H3. The molecule has 0 aliphatic heterocycles. The molecule has 0 saturated heterocycles. The summed E-state index contributed by atoms with van der Waals surface area (Å²) in [6, 6.07) is 0. The van der Waals surface area contributed by atoms with Crippen molar-refractivity contribution in [3.8, 4) is 11.8 Å². The quantitative estimate of drug-likeness (QED) is 0.264. The van der Waals surface area contributed by atoms with Gasteiger partial charge in [-0.15, -0.1) is 0 Å². The highest BCUT2D eigenvalue weighted by atomic mass is 19.2. The number of hydrogen-bond donors (Lipinski definition) is 0. The summed E-state index contributed by atoms with van der Waals surface area (Å²) in [6.07, 6.45) is 1.67. The van der Waals surface area contributed by atoms with Crippen LogP contribution in [0.2, 0.25) is 0 Å². The molecule has 0 fully saturated rings. The van der Waals surface area contributed by atoms with E-state index in [-0.39, 0.29) is 6.42 Å². The summed E-state index contributed by atoms with van der Waals surface area (Å²) < 4.78 is 54.6. The second kappa shape index (κ2) is 7.09. The molecular formula is C15H14F4O. The van der Waals surface area contributed by atoms with E-state index in [2.05, 4.69) is 11.8 Å². The molecule has 0 aliphatic rings. The fraction of sp³-hybridized carbons (Fsp3) is 0.400. The number of carbonyl (C=O) groups excluding carboxylic acids is 1. The molecule has 0 aliphatic carbocycles. The van der Waals surface area contributed by atoms with Crippen molar-refractivity contribution in [1.29, 1.82) is 0 Å². The third-order valence-electron chi connectivity index (χ3n) is 2.73. The van der Waals surface area contributed by atoms with Crippen LogP contribution < -0.4 is 0 Å². The van der Waals surface area contributed by atoms with E-state index >= 15 is 0 Å². The minimum atomic E-state index is -1.68. The number of Topliss-reactive ketones (excluding diaryl/α,β-unsaturated/α-hetero) is 1. The molecule has 0 radical (unpaired) electrons. The van der Waals surface area contributed by atoms with Crippen LogP contribution in [0.4, 0.5) is 17.6 Å². The molecule has 1 rings (SSSR count). The van der Waals surface area contributed by atoms with Gasteiger partial charge < -0.3 is 0 Å². The molecule has 0 aromatic heterocycles. The lowest BCUT2D eigenvalue weighted by atomic mass is 10.0. The lowest BCUT2D eigenvalue weighted by Gasteiger charge is -2.07. The Morgan fingerprint density at radius 2 is 1.55 bits per heavy atom. The minimum absolute atomic E-state index is 0.256. The van der Waals surface area contributed by atoms with E-state index < -0.39 is 40.2 Å². The zero-order valence-electron chi connectivity index (χ0n) is 11.2. The molecule has 1 aromatic carbocycles. The average molecular weight is 286 g/mol. The molecule has 0 heterocycles. The van der Waals surface area contributed by atoms with Gasteiger partial charge in [0.25, 0.3) is 0 Å². The first-order chi connectivity index (χ1) is 9.45. The van der Waals surface area contributed by atoms with Gasteiger partial charge in [-0.3, -0.25) is 4.79 Å². The summed E-state index contributed by atoms with van der Waals surface area (Å²) in [6.45, 7) is 3.25. The summed E-state index contributed by atoms with van der Waals surface area (Å²) in [4.78, 5) is 11.3. The number of unbranched alkanes of at least 4 members (excludes halogenated alkanes) is 2. The molecule has 0 unspecified atom stereocenters. The largest absolute Gasteiger partial charge is 0.294 e. The predicted molar refractivity (Wildman–Crippen MR) is 67.3 cm³/mol. The maximum atomic E-state index is 13.7. The summed E-state index contributed by atoms with van der Waals surface area (Å²) in [5, 5.41) is 0. The molecule has 0 atom stereocenters. The van der Waals surface area contributed by atoms with E-state index in [0.29, 0.717) is 12.8 Å². The monoisotopic (exact) mass is 286 g/mol. The van der Waals surface area contributed by atoms with Gasteiger partial charge in [0.15, 0.2) is 29.1 Å². The van der Waals surface area contributed by atoms with Crippen LogP contribution in [0.25, 0.3) is 0 Å². The molecule has 1 nitrogen and oxygen atoms in total. The average Bonchev–Trinajstić information content (AvgIpc) is 2.44. The summed E-state index contributed by atoms with van der Waals surface area (Å²) in [5.41, 5.74) is -2.15. The van der Waals surface area contributed by atoms with Gasteiger partial charge in [-0.25, -0.2) is 17.6 Å². The topological polar surface area (TPSA) is 17.1 Å². The van der Waals surface area contributed by atoms with E-state index in [0.717, 1.165) is 6.42 Å². The number of carbonyl (C=O) groups is 1. The number of hydrogen-bond acceptors (Lipinski definition) is 1. The summed E-state index contributed by atoms with van der Waals surface area (Å²) in [5.74, 6) is -3.06. The number of rotatable bonds is 4. The van der Waals surface area contributed by atoms with Crippen molar-refractivity contribution in [3.63, 3.8) is 0 Å². The second-order valence-corrected chi connectivity index (χ2v) is 4.19. The van der Waals surface area contributed by atoms with E-state index in [4.69, 9.17) is 0 Å². The van der Waals surface area contributed by atoms with E-state index in [1.807, 2.05) is 6.92 Å². The van der Waals surface area contributed by atoms with E-state index in [9.17, 15) is 22.4 Å². The molecule has 1 aromatic rings. The molecule has 0 N–H and O–H groups in total. The Labute approximate surface area is 115 Å². The van der Waals surface area contributed by atoms with Gasteiger partial charge in [0.2, 0.25) is 0 Å². The first kappa shape index (κ1) is 16.2. The van der Waals surface area contributed by atoms with Crippen molar-refractivity contribution in [2.45, 2.75) is 39.5 Å². The maximum Gasteiger partial charge on any atom is 0.178 e. The lowest BCUT2D eigenvalue weighted by molar-refractivity contribution is 0.0977. The van der Waals surface area contributed by atoms with E-state index in [1.165, 1.54) is 6.92 Å². The minimum Gasteiger partial charge on any atom is -0.294 e. The Balaban J connectivity index is 3.35. The van der Waals surface area contributed by atoms with Gasteiger partial charge in [-0.1, -0.05) is 32.1 Å². The van der Waals surface area contributed by atoms with Crippen molar-refractivity contribution < 1.29 is 22.4 Å². The SMILES string of the molecule is CCCCC#Cc1c(F)c(F)c(C(=O)CC)c(F)c1F. The molecule has 20 heavy (non-hydrogen) atoms. The molecular weight excluding hydrogens is 272 g/mol. The van der Waals surface area contributed by atoms with Crippen LogP contribution in [-0.2, 0) is 0 Å². The van der Waals surface area contributed by atoms with Gasteiger partial charge in [-0.2, -0.15) is 0 Å². The van der Waals surface area contributed by atoms with Crippen molar-refractivity contribution in [2.24, 2.45) is 0 Å². The van der Waals surface area contributed by atoms with Crippen LogP contribution in [0.5, 0.6) is 0 Å². The smallest absolute Gasteiger partial charge is 0.178 e. The fourth-order valence-electron chi connectivity index (χ4n) is 1.58. The fourth-order valence-corrected chi connectivity index (χ4v) is 1.58. The number of benzene rings is 1.